The van der Waals surface area contributed by atoms with Gasteiger partial charge < -0.3 is 24.4 Å². The quantitative estimate of drug-likeness (QED) is 0.330. The predicted molar refractivity (Wildman–Crippen MR) is 154 cm³/mol. The van der Waals surface area contributed by atoms with Crippen LogP contribution < -0.4 is 0 Å². The third-order valence-corrected chi connectivity index (χ3v) is 9.36. The zero-order valence-corrected chi connectivity index (χ0v) is 23.8. The predicted octanol–water partition coefficient (Wildman–Crippen LogP) is 1.86. The summed E-state index contributed by atoms with van der Waals surface area (Å²) >= 11 is 0. The zero-order chi connectivity index (χ0) is 29.8. The SMILES string of the molecule is CC[C@@]12C=CCOC(=O)[C@@H]1[C@H]1C(=O)N([C@@H](CO)Cc3ccccc3)C3C(=O)N(Cn4nnc5ccccc54)CC=C[C@@]31O2. The molecule has 1 aromatic heterocycles. The Hall–Kier alpha value is -4.35. The van der Waals surface area contributed by atoms with Gasteiger partial charge in [0, 0.05) is 6.54 Å². The molecule has 2 fully saturated rings. The number of aromatic nitrogens is 3. The molecule has 0 saturated carbocycles. The van der Waals surface area contributed by atoms with Crippen LogP contribution in [0.15, 0.2) is 78.9 Å². The van der Waals surface area contributed by atoms with Crippen LogP contribution in [0.1, 0.15) is 18.9 Å². The molecule has 2 amide bonds. The van der Waals surface area contributed by atoms with Gasteiger partial charge in [-0.25, -0.2) is 4.68 Å². The average Bonchev–Trinajstić information content (AvgIpc) is 3.56. The van der Waals surface area contributed by atoms with Crippen LogP contribution in [-0.2, 0) is 36.9 Å². The van der Waals surface area contributed by atoms with Gasteiger partial charge in [-0.2, -0.15) is 0 Å². The van der Waals surface area contributed by atoms with Crippen LogP contribution in [0.5, 0.6) is 0 Å². The fourth-order valence-corrected chi connectivity index (χ4v) is 7.42. The lowest BCUT2D eigenvalue weighted by atomic mass is 9.73. The molecule has 1 N–H and O–H groups in total. The number of ether oxygens (including phenoxy) is 2. The van der Waals surface area contributed by atoms with Crippen LogP contribution in [0.2, 0.25) is 0 Å². The van der Waals surface area contributed by atoms with Gasteiger partial charge in [-0.05, 0) is 36.6 Å². The molecule has 43 heavy (non-hydrogen) atoms. The molecule has 0 bridgehead atoms. The summed E-state index contributed by atoms with van der Waals surface area (Å²) in [4.78, 5) is 46.0. The molecule has 11 heteroatoms. The number of aliphatic hydroxyl groups excluding tert-OH is 1. The lowest BCUT2D eigenvalue weighted by molar-refractivity contribution is -0.161. The van der Waals surface area contributed by atoms with E-state index < -0.39 is 47.0 Å². The number of hydrogen-bond acceptors (Lipinski definition) is 8. The van der Waals surface area contributed by atoms with Gasteiger partial charge in [0.05, 0.1) is 24.1 Å². The van der Waals surface area contributed by atoms with E-state index in [0.29, 0.717) is 18.4 Å². The maximum absolute atomic E-state index is 14.7. The van der Waals surface area contributed by atoms with Gasteiger partial charge in [0.1, 0.15) is 42.0 Å². The Morgan fingerprint density at radius 1 is 1.00 bits per heavy atom. The standard InChI is InChI=1S/C32H33N5O6/c1-2-31-14-9-17-42-30(41)26(31)25-28(39)37(22(19-38)18-21-10-4-3-5-11-21)27-29(40)35(16-8-15-32(25,27)43-31)20-36-24-13-7-6-12-23(24)33-34-36/h3-15,22,25-27,38H,2,16-20H2,1H3/t22-,25+,26+,27?,31-,32+/m1/s1. The smallest absolute Gasteiger partial charge is 0.313 e. The summed E-state index contributed by atoms with van der Waals surface area (Å²) in [5.74, 6) is -3.24. The number of likely N-dealkylation sites (tertiary alicyclic amines) is 1. The number of esters is 1. The summed E-state index contributed by atoms with van der Waals surface area (Å²) in [6.07, 6.45) is 7.91. The molecule has 222 valence electrons. The highest BCUT2D eigenvalue weighted by Gasteiger charge is 2.76. The molecule has 4 aliphatic rings. The van der Waals surface area contributed by atoms with Gasteiger partial charge in [-0.3, -0.25) is 14.4 Å². The second-order valence-corrected chi connectivity index (χ2v) is 11.6. The molecule has 7 rings (SSSR count). The van der Waals surface area contributed by atoms with Crippen LogP contribution >= 0.6 is 0 Å². The minimum Gasteiger partial charge on any atom is -0.461 e. The van der Waals surface area contributed by atoms with Gasteiger partial charge in [-0.1, -0.05) is 72.8 Å². The molecule has 5 heterocycles. The molecule has 4 aliphatic heterocycles. The Morgan fingerprint density at radius 3 is 2.58 bits per heavy atom. The number of fused-ring (bicyclic) bond motifs is 3. The van der Waals surface area contributed by atoms with Crippen LogP contribution in [0.25, 0.3) is 11.0 Å². The minimum absolute atomic E-state index is 0.0865. The summed E-state index contributed by atoms with van der Waals surface area (Å²) in [5.41, 5.74) is -0.187. The minimum atomic E-state index is -1.45. The number of benzene rings is 2. The maximum Gasteiger partial charge on any atom is 0.313 e. The molecular weight excluding hydrogens is 550 g/mol. The van der Waals surface area contributed by atoms with Crippen molar-refractivity contribution in [1.29, 1.82) is 0 Å². The van der Waals surface area contributed by atoms with Crippen molar-refractivity contribution in [3.8, 4) is 0 Å². The fraction of sp³-hybridized carbons (Fsp3) is 0.406. The Kier molecular flexibility index (Phi) is 6.66. The van der Waals surface area contributed by atoms with E-state index in [1.165, 1.54) is 4.90 Å². The van der Waals surface area contributed by atoms with Crippen molar-refractivity contribution in [3.63, 3.8) is 0 Å². The Morgan fingerprint density at radius 2 is 1.79 bits per heavy atom. The molecule has 1 spiro atoms. The topological polar surface area (TPSA) is 127 Å². The van der Waals surface area contributed by atoms with Gasteiger partial charge in [0.25, 0.3) is 5.91 Å². The lowest BCUT2D eigenvalue weighted by Gasteiger charge is -2.40. The van der Waals surface area contributed by atoms with Crippen molar-refractivity contribution in [2.24, 2.45) is 11.8 Å². The molecule has 11 nitrogen and oxygen atoms in total. The fourth-order valence-electron chi connectivity index (χ4n) is 7.42. The highest BCUT2D eigenvalue weighted by Crippen LogP contribution is 2.58. The van der Waals surface area contributed by atoms with E-state index in [-0.39, 0.29) is 32.3 Å². The molecule has 2 aromatic carbocycles. The first kappa shape index (κ1) is 27.5. The van der Waals surface area contributed by atoms with E-state index in [1.807, 2.05) is 73.7 Å². The lowest BCUT2D eigenvalue weighted by Crippen LogP contribution is -2.59. The van der Waals surface area contributed by atoms with Crippen molar-refractivity contribution < 1.29 is 29.0 Å². The Balaban J connectivity index is 1.34. The Labute approximate surface area is 248 Å². The van der Waals surface area contributed by atoms with Crippen molar-refractivity contribution in [2.45, 2.75) is 49.7 Å². The van der Waals surface area contributed by atoms with E-state index in [9.17, 15) is 19.5 Å². The number of carbonyl (C=O) groups excluding carboxylic acids is 3. The first-order valence-electron chi connectivity index (χ1n) is 14.7. The van der Waals surface area contributed by atoms with Crippen molar-refractivity contribution in [1.82, 2.24) is 24.8 Å². The van der Waals surface area contributed by atoms with Crippen molar-refractivity contribution >= 4 is 28.8 Å². The summed E-state index contributed by atoms with van der Waals surface area (Å²) in [6, 6.07) is 15.1. The number of hydrogen-bond donors (Lipinski definition) is 1. The van der Waals surface area contributed by atoms with Gasteiger partial charge in [-0.15, -0.1) is 5.10 Å². The second kappa shape index (κ2) is 10.4. The molecular formula is C32H33N5O6. The molecule has 6 atom stereocenters. The first-order valence-corrected chi connectivity index (χ1v) is 14.7. The molecule has 3 aromatic rings. The van der Waals surface area contributed by atoms with E-state index in [1.54, 1.807) is 21.7 Å². The summed E-state index contributed by atoms with van der Waals surface area (Å²) < 4.78 is 14.1. The summed E-state index contributed by atoms with van der Waals surface area (Å²) in [7, 11) is 0. The van der Waals surface area contributed by atoms with Gasteiger partial charge >= 0.3 is 5.97 Å². The maximum atomic E-state index is 14.7. The summed E-state index contributed by atoms with van der Waals surface area (Å²) in [6.45, 7) is 1.94. The van der Waals surface area contributed by atoms with Crippen LogP contribution in [0, 0.1) is 11.8 Å². The monoisotopic (exact) mass is 583 g/mol. The molecule has 0 aliphatic carbocycles. The number of carbonyl (C=O) groups is 3. The van der Waals surface area contributed by atoms with Gasteiger partial charge in [0.15, 0.2) is 0 Å². The number of para-hydroxylation sites is 1. The highest BCUT2D eigenvalue weighted by atomic mass is 16.6. The largest absolute Gasteiger partial charge is 0.461 e. The second-order valence-electron chi connectivity index (χ2n) is 11.6. The number of amides is 2. The zero-order valence-electron chi connectivity index (χ0n) is 23.8. The molecule has 2 saturated heterocycles. The number of cyclic esters (lactones) is 1. The van der Waals surface area contributed by atoms with Crippen LogP contribution in [-0.4, -0.2) is 90.7 Å². The third kappa shape index (κ3) is 4.13. The van der Waals surface area contributed by atoms with Crippen molar-refractivity contribution in [3.05, 3.63) is 84.5 Å². The van der Waals surface area contributed by atoms with Crippen molar-refractivity contribution in [2.75, 3.05) is 19.8 Å². The third-order valence-electron chi connectivity index (χ3n) is 9.36. The van der Waals surface area contributed by atoms with E-state index in [4.69, 9.17) is 9.47 Å². The average molecular weight is 584 g/mol. The van der Waals surface area contributed by atoms with E-state index in [0.717, 1.165) is 11.1 Å². The van der Waals surface area contributed by atoms with Gasteiger partial charge in [0.2, 0.25) is 5.91 Å². The first-order chi connectivity index (χ1) is 20.9. The van der Waals surface area contributed by atoms with Crippen LogP contribution in [0.3, 0.4) is 0 Å². The number of aliphatic hydroxyl groups is 1. The normalized spacial score (nSPS) is 30.6. The van der Waals surface area contributed by atoms with Crippen LogP contribution in [0.4, 0.5) is 0 Å². The molecule has 1 unspecified atom stereocenters. The highest BCUT2D eigenvalue weighted by molar-refractivity contribution is 5.99. The summed E-state index contributed by atoms with van der Waals surface area (Å²) in [5, 5.41) is 19.2. The molecule has 0 radical (unpaired) electrons. The van der Waals surface area contributed by atoms with E-state index in [2.05, 4.69) is 10.3 Å². The number of rotatable bonds is 7. The van der Waals surface area contributed by atoms with E-state index >= 15 is 0 Å². The number of nitrogens with zero attached hydrogens (tertiary/aromatic N) is 5. The Bertz CT molecular complexity index is 1640.